The van der Waals surface area contributed by atoms with Crippen molar-refractivity contribution in [3.8, 4) is 0 Å². The van der Waals surface area contributed by atoms with Crippen LogP contribution in [0.5, 0.6) is 0 Å². The van der Waals surface area contributed by atoms with Crippen LogP contribution in [0.3, 0.4) is 0 Å². The molecule has 0 amide bonds. The van der Waals surface area contributed by atoms with Crippen molar-refractivity contribution in [2.24, 2.45) is 5.92 Å². The lowest BCUT2D eigenvalue weighted by atomic mass is 10.00. The quantitative estimate of drug-likeness (QED) is 0.396. The second-order valence-corrected chi connectivity index (χ2v) is 6.92. The number of carboxylic acid groups (broad SMARTS) is 1. The lowest BCUT2D eigenvalue weighted by Crippen LogP contribution is -2.40. The number of rotatable bonds is 8. The Bertz CT molecular complexity index is 746. The van der Waals surface area contributed by atoms with Gasteiger partial charge in [-0.2, -0.15) is 0 Å². The third-order valence-corrected chi connectivity index (χ3v) is 4.74. The predicted molar refractivity (Wildman–Crippen MR) is 98.3 cm³/mol. The van der Waals surface area contributed by atoms with E-state index in [0.717, 1.165) is 7.11 Å². The average molecular weight is 427 g/mol. The molecule has 0 radical (unpaired) electrons. The Morgan fingerprint density at radius 2 is 2.03 bits per heavy atom. The Morgan fingerprint density at radius 3 is 2.63 bits per heavy atom. The van der Waals surface area contributed by atoms with E-state index in [9.17, 15) is 29.4 Å². The van der Waals surface area contributed by atoms with Crippen LogP contribution in [0.1, 0.15) is 26.7 Å². The molecule has 30 heavy (non-hydrogen) atoms. The number of aliphatic carboxylic acids is 1. The highest BCUT2D eigenvalue weighted by Gasteiger charge is 2.47. The van der Waals surface area contributed by atoms with E-state index in [1.165, 1.54) is 18.0 Å². The van der Waals surface area contributed by atoms with Gasteiger partial charge in [0.1, 0.15) is 12.7 Å². The van der Waals surface area contributed by atoms with Gasteiger partial charge in [0.05, 0.1) is 19.1 Å². The van der Waals surface area contributed by atoms with E-state index in [4.69, 9.17) is 14.2 Å². The number of aliphatic hydroxyl groups is 1. The van der Waals surface area contributed by atoms with Gasteiger partial charge in [0.2, 0.25) is 0 Å². The molecular formula is C19H25NO10. The van der Waals surface area contributed by atoms with E-state index >= 15 is 0 Å². The first kappa shape index (κ1) is 23.4. The number of carbonyl (C=O) groups is 4. The number of esters is 3. The number of hydrogen-bond donors (Lipinski definition) is 2. The normalized spacial score (nSPS) is 26.5. The molecular weight excluding hydrogens is 402 g/mol. The second-order valence-electron chi connectivity index (χ2n) is 6.92. The highest BCUT2D eigenvalue weighted by Crippen LogP contribution is 2.33. The van der Waals surface area contributed by atoms with Crippen LogP contribution >= 0.6 is 0 Å². The molecule has 0 unspecified atom stereocenters. The minimum atomic E-state index is -1.68. The smallest absolute Gasteiger partial charge is 0.335 e. The van der Waals surface area contributed by atoms with E-state index in [2.05, 4.69) is 4.74 Å². The van der Waals surface area contributed by atoms with Crippen LogP contribution in [0.15, 0.2) is 24.0 Å². The molecule has 2 aliphatic rings. The maximum Gasteiger partial charge on any atom is 0.335 e. The zero-order chi connectivity index (χ0) is 22.4. The molecule has 0 spiro atoms. The lowest BCUT2D eigenvalue weighted by Gasteiger charge is -2.30. The maximum atomic E-state index is 11.9. The summed E-state index contributed by atoms with van der Waals surface area (Å²) in [6.07, 6.45) is 0.366. The van der Waals surface area contributed by atoms with E-state index in [-0.39, 0.29) is 18.6 Å². The molecule has 1 fully saturated rings. The SMILES string of the molecule is COC(=O)C[C@H](O)C(=O)OC[C@H]1O[C@@H](N2C=CCC(C(=O)O)=C2)[C@H](OC(C)=O)[C@@H]1C. The molecule has 0 aliphatic carbocycles. The van der Waals surface area contributed by atoms with E-state index in [0.29, 0.717) is 0 Å². The molecule has 5 atom stereocenters. The van der Waals surface area contributed by atoms with Crippen molar-refractivity contribution in [2.45, 2.75) is 51.2 Å². The second kappa shape index (κ2) is 10.2. The Morgan fingerprint density at radius 1 is 1.33 bits per heavy atom. The number of carbonyl (C=O) groups excluding carboxylic acids is 3. The zero-order valence-electron chi connectivity index (χ0n) is 16.8. The summed E-state index contributed by atoms with van der Waals surface area (Å²) in [6.45, 7) is 2.71. The van der Waals surface area contributed by atoms with Crippen molar-refractivity contribution in [2.75, 3.05) is 13.7 Å². The van der Waals surface area contributed by atoms with Crippen molar-refractivity contribution in [3.05, 3.63) is 24.0 Å². The van der Waals surface area contributed by atoms with Crippen LogP contribution in [0.4, 0.5) is 0 Å². The minimum absolute atomic E-state index is 0.135. The van der Waals surface area contributed by atoms with Gasteiger partial charge < -0.3 is 34.1 Å². The molecule has 2 N–H and O–H groups in total. The maximum absolute atomic E-state index is 11.9. The van der Waals surface area contributed by atoms with Gasteiger partial charge in [-0.15, -0.1) is 0 Å². The van der Waals surface area contributed by atoms with Crippen LogP contribution < -0.4 is 0 Å². The Labute approximate surface area is 172 Å². The van der Waals surface area contributed by atoms with Crippen molar-refractivity contribution in [3.63, 3.8) is 0 Å². The molecule has 2 rings (SSSR count). The molecule has 2 heterocycles. The Kier molecular flexibility index (Phi) is 7.95. The van der Waals surface area contributed by atoms with E-state index in [1.807, 2.05) is 0 Å². The van der Waals surface area contributed by atoms with Crippen molar-refractivity contribution < 1.29 is 48.3 Å². The molecule has 166 valence electrons. The summed E-state index contributed by atoms with van der Waals surface area (Å²) in [7, 11) is 1.13. The van der Waals surface area contributed by atoms with Gasteiger partial charge in [0, 0.05) is 31.7 Å². The number of methoxy groups -OCH3 is 1. The predicted octanol–water partition coefficient (Wildman–Crippen LogP) is -0.0658. The monoisotopic (exact) mass is 427 g/mol. The van der Waals surface area contributed by atoms with Crippen LogP contribution in [0, 0.1) is 5.92 Å². The van der Waals surface area contributed by atoms with Crippen LogP contribution in [-0.2, 0) is 38.1 Å². The molecule has 0 aromatic carbocycles. The van der Waals surface area contributed by atoms with Crippen LogP contribution in [0.2, 0.25) is 0 Å². The summed E-state index contributed by atoms with van der Waals surface area (Å²) >= 11 is 0. The molecule has 0 aromatic heterocycles. The van der Waals surface area contributed by atoms with Crippen molar-refractivity contribution in [1.29, 1.82) is 0 Å². The summed E-state index contributed by atoms with van der Waals surface area (Å²) in [4.78, 5) is 47.4. The van der Waals surface area contributed by atoms with Gasteiger partial charge >= 0.3 is 23.9 Å². The number of aliphatic hydroxyl groups excluding tert-OH is 1. The van der Waals surface area contributed by atoms with Gasteiger partial charge in [-0.25, -0.2) is 9.59 Å². The van der Waals surface area contributed by atoms with E-state index < -0.39 is 60.8 Å². The molecule has 0 aromatic rings. The number of nitrogens with zero attached hydrogens (tertiary/aromatic N) is 1. The first-order chi connectivity index (χ1) is 14.1. The molecule has 2 aliphatic heterocycles. The standard InChI is InChI=1S/C19H25NO10/c1-10-14(9-28-19(26)13(22)7-15(23)27-3)30-17(16(10)29-11(2)21)20-6-4-5-12(8-20)18(24)25/h4,6,8,10,13-14,16-17,22H,5,7,9H2,1-3H3,(H,24,25)/t10-,13+,14-,16-,17-/m1/s1. The highest BCUT2D eigenvalue weighted by atomic mass is 16.6. The van der Waals surface area contributed by atoms with Crippen molar-refractivity contribution in [1.82, 2.24) is 4.90 Å². The minimum Gasteiger partial charge on any atom is -0.478 e. The van der Waals surface area contributed by atoms with Gasteiger partial charge in [-0.1, -0.05) is 13.0 Å². The average Bonchev–Trinajstić information content (AvgIpc) is 3.01. The van der Waals surface area contributed by atoms with Crippen molar-refractivity contribution >= 4 is 23.9 Å². The summed E-state index contributed by atoms with van der Waals surface area (Å²) in [5.74, 6) is -3.83. The highest BCUT2D eigenvalue weighted by molar-refractivity contribution is 5.87. The molecule has 0 saturated carbocycles. The van der Waals surface area contributed by atoms with Gasteiger partial charge in [-0.05, 0) is 0 Å². The molecule has 11 heteroatoms. The summed E-state index contributed by atoms with van der Waals surface area (Å²) < 4.78 is 20.7. The Balaban J connectivity index is 2.08. The molecule has 1 saturated heterocycles. The number of allylic oxidation sites excluding steroid dienone is 1. The van der Waals surface area contributed by atoms with Gasteiger partial charge in [0.15, 0.2) is 18.4 Å². The Hall–Kier alpha value is -2.92. The van der Waals surface area contributed by atoms with Gasteiger partial charge in [0.25, 0.3) is 0 Å². The van der Waals surface area contributed by atoms with Gasteiger partial charge in [-0.3, -0.25) is 9.59 Å². The first-order valence-electron chi connectivity index (χ1n) is 9.26. The number of hydrogen-bond acceptors (Lipinski definition) is 10. The summed E-state index contributed by atoms with van der Waals surface area (Å²) in [6, 6.07) is 0. The number of carboxylic acids is 1. The fourth-order valence-electron chi connectivity index (χ4n) is 3.10. The molecule has 0 bridgehead atoms. The number of ether oxygens (including phenoxy) is 4. The summed E-state index contributed by atoms with van der Waals surface area (Å²) in [5.41, 5.74) is 0.135. The summed E-state index contributed by atoms with van der Waals surface area (Å²) in [5, 5.41) is 18.9. The van der Waals surface area contributed by atoms with Crippen LogP contribution in [0.25, 0.3) is 0 Å². The third kappa shape index (κ3) is 5.80. The lowest BCUT2D eigenvalue weighted by molar-refractivity contribution is -0.163. The van der Waals surface area contributed by atoms with E-state index in [1.54, 1.807) is 19.2 Å². The fourth-order valence-corrected chi connectivity index (χ4v) is 3.10. The third-order valence-electron chi connectivity index (χ3n) is 4.74. The topological polar surface area (TPSA) is 149 Å². The zero-order valence-corrected chi connectivity index (χ0v) is 16.8. The molecule has 11 nitrogen and oxygen atoms in total. The first-order valence-corrected chi connectivity index (χ1v) is 9.26. The largest absolute Gasteiger partial charge is 0.478 e. The fraction of sp³-hybridized carbons (Fsp3) is 0.579. The van der Waals surface area contributed by atoms with Crippen LogP contribution in [-0.4, -0.2) is 77.2 Å².